The van der Waals surface area contributed by atoms with Crippen LogP contribution in [0.1, 0.15) is 41.3 Å². The van der Waals surface area contributed by atoms with Crippen molar-refractivity contribution in [1.82, 2.24) is 9.47 Å². The Morgan fingerprint density at radius 3 is 2.58 bits per heavy atom. The Bertz CT molecular complexity index is 724. The number of aromatic nitrogens is 1. The number of benzene rings is 1. The number of likely N-dealkylation sites (tertiary alicyclic amines) is 1. The molecule has 4 heteroatoms. The van der Waals surface area contributed by atoms with E-state index in [9.17, 15) is 4.79 Å². The van der Waals surface area contributed by atoms with Crippen molar-refractivity contribution in [3.63, 3.8) is 0 Å². The van der Waals surface area contributed by atoms with Crippen LogP contribution in [0.5, 0.6) is 0 Å². The van der Waals surface area contributed by atoms with E-state index < -0.39 is 0 Å². The van der Waals surface area contributed by atoms with Gasteiger partial charge in [0.15, 0.2) is 0 Å². The second-order valence-electron chi connectivity index (χ2n) is 6.99. The quantitative estimate of drug-likeness (QED) is 0.930. The molecule has 128 valence electrons. The molecule has 0 spiro atoms. The van der Waals surface area contributed by atoms with Crippen LogP contribution in [0, 0.1) is 20.8 Å². The molecule has 4 nitrogen and oxygen atoms in total. The Morgan fingerprint density at radius 2 is 1.96 bits per heavy atom. The molecule has 0 saturated carbocycles. The van der Waals surface area contributed by atoms with Crippen molar-refractivity contribution >= 4 is 11.6 Å². The summed E-state index contributed by atoms with van der Waals surface area (Å²) < 4.78 is 2.16. The first-order valence-electron chi connectivity index (χ1n) is 8.68. The van der Waals surface area contributed by atoms with Gasteiger partial charge in [0, 0.05) is 24.6 Å². The van der Waals surface area contributed by atoms with Gasteiger partial charge in [0.1, 0.15) is 0 Å². The highest BCUT2D eigenvalue weighted by Crippen LogP contribution is 2.31. The van der Waals surface area contributed by atoms with E-state index in [2.05, 4.69) is 73.1 Å². The molecular weight excluding hydrogens is 298 g/mol. The highest BCUT2D eigenvalue weighted by atomic mass is 16.2. The molecule has 3 rings (SSSR count). The van der Waals surface area contributed by atoms with E-state index in [-0.39, 0.29) is 5.91 Å². The lowest BCUT2D eigenvalue weighted by Gasteiger charge is -2.25. The van der Waals surface area contributed by atoms with Crippen LogP contribution in [0.4, 0.5) is 5.69 Å². The fourth-order valence-corrected chi connectivity index (χ4v) is 3.91. The van der Waals surface area contributed by atoms with Crippen molar-refractivity contribution in [3.8, 4) is 0 Å². The molecule has 1 aliphatic rings. The number of aryl methyl sites for hydroxylation is 4. The molecular formula is C20H27N3O. The molecule has 1 aliphatic heterocycles. The van der Waals surface area contributed by atoms with E-state index in [4.69, 9.17) is 0 Å². The topological polar surface area (TPSA) is 37.3 Å². The number of anilines is 1. The predicted octanol–water partition coefficient (Wildman–Crippen LogP) is 3.73. The molecule has 1 fully saturated rings. The fourth-order valence-electron chi connectivity index (χ4n) is 3.91. The van der Waals surface area contributed by atoms with E-state index >= 15 is 0 Å². The Balaban J connectivity index is 1.70. The molecule has 0 aliphatic carbocycles. The predicted molar refractivity (Wildman–Crippen MR) is 98.2 cm³/mol. The third kappa shape index (κ3) is 3.39. The first-order chi connectivity index (χ1) is 11.5. The lowest BCUT2D eigenvalue weighted by molar-refractivity contribution is -0.117. The van der Waals surface area contributed by atoms with Gasteiger partial charge in [0.05, 0.1) is 12.6 Å². The minimum Gasteiger partial charge on any atom is -0.353 e. The monoisotopic (exact) mass is 325 g/mol. The molecule has 0 radical (unpaired) electrons. The maximum atomic E-state index is 12.6. The van der Waals surface area contributed by atoms with Crippen molar-refractivity contribution in [1.29, 1.82) is 0 Å². The number of rotatable bonds is 4. The number of carbonyl (C=O) groups excluding carboxylic acids is 1. The summed E-state index contributed by atoms with van der Waals surface area (Å²) in [5.41, 5.74) is 5.73. The summed E-state index contributed by atoms with van der Waals surface area (Å²) in [5.74, 6) is 0.0752. The van der Waals surface area contributed by atoms with Crippen LogP contribution in [-0.2, 0) is 11.8 Å². The normalized spacial score (nSPS) is 18.1. The first-order valence-corrected chi connectivity index (χ1v) is 8.68. The van der Waals surface area contributed by atoms with Gasteiger partial charge in [0.2, 0.25) is 5.91 Å². The van der Waals surface area contributed by atoms with Crippen molar-refractivity contribution in [2.75, 3.05) is 18.4 Å². The molecule has 24 heavy (non-hydrogen) atoms. The van der Waals surface area contributed by atoms with Crippen molar-refractivity contribution < 1.29 is 4.79 Å². The van der Waals surface area contributed by atoms with Gasteiger partial charge in [-0.05, 0) is 63.4 Å². The van der Waals surface area contributed by atoms with Crippen LogP contribution in [-0.4, -0.2) is 28.5 Å². The SMILES string of the molecule is Cc1cc(C)c(NC(=O)CN2CCC[C@H]2c2cccn2C)c(C)c1. The fraction of sp³-hybridized carbons (Fsp3) is 0.450. The maximum Gasteiger partial charge on any atom is 0.238 e. The summed E-state index contributed by atoms with van der Waals surface area (Å²) in [4.78, 5) is 14.9. The third-order valence-corrected chi connectivity index (χ3v) is 4.98. The number of nitrogens with one attached hydrogen (secondary N) is 1. The van der Waals surface area contributed by atoms with Gasteiger partial charge < -0.3 is 9.88 Å². The average Bonchev–Trinajstić information content (AvgIpc) is 3.11. The highest BCUT2D eigenvalue weighted by molar-refractivity contribution is 5.93. The van der Waals surface area contributed by atoms with Crippen molar-refractivity contribution in [2.45, 2.75) is 39.7 Å². The zero-order chi connectivity index (χ0) is 17.3. The molecule has 1 saturated heterocycles. The molecule has 1 aromatic carbocycles. The van der Waals surface area contributed by atoms with E-state index in [0.717, 1.165) is 36.2 Å². The summed E-state index contributed by atoms with van der Waals surface area (Å²) >= 11 is 0. The van der Waals surface area contributed by atoms with Gasteiger partial charge in [-0.3, -0.25) is 9.69 Å². The smallest absolute Gasteiger partial charge is 0.238 e. The zero-order valence-corrected chi connectivity index (χ0v) is 15.1. The number of hydrogen-bond acceptors (Lipinski definition) is 2. The molecule has 1 amide bonds. The van der Waals surface area contributed by atoms with Gasteiger partial charge in [-0.15, -0.1) is 0 Å². The van der Waals surface area contributed by atoms with Crippen molar-refractivity contribution in [3.05, 3.63) is 52.8 Å². The number of amides is 1. The molecule has 1 N–H and O–H groups in total. The summed E-state index contributed by atoms with van der Waals surface area (Å²) in [6.07, 6.45) is 4.34. The van der Waals surface area contributed by atoms with Crippen LogP contribution in [0.3, 0.4) is 0 Å². The van der Waals surface area contributed by atoms with Gasteiger partial charge in [-0.2, -0.15) is 0 Å². The minimum absolute atomic E-state index is 0.0752. The zero-order valence-electron chi connectivity index (χ0n) is 15.1. The molecule has 2 aromatic rings. The lowest BCUT2D eigenvalue weighted by atomic mass is 10.1. The molecule has 0 unspecified atom stereocenters. The summed E-state index contributed by atoms with van der Waals surface area (Å²) in [6.45, 7) is 7.62. The molecule has 0 bridgehead atoms. The third-order valence-electron chi connectivity index (χ3n) is 4.98. The lowest BCUT2D eigenvalue weighted by Crippen LogP contribution is -2.33. The van der Waals surface area contributed by atoms with Crippen LogP contribution in [0.2, 0.25) is 0 Å². The summed E-state index contributed by atoms with van der Waals surface area (Å²) in [6, 6.07) is 8.81. The Hall–Kier alpha value is -2.07. The molecule has 1 atom stereocenters. The van der Waals surface area contributed by atoms with Crippen molar-refractivity contribution in [2.24, 2.45) is 7.05 Å². The second kappa shape index (κ2) is 6.81. The largest absolute Gasteiger partial charge is 0.353 e. The van der Waals surface area contributed by atoms with Crippen LogP contribution < -0.4 is 5.32 Å². The highest BCUT2D eigenvalue weighted by Gasteiger charge is 2.29. The molecule has 1 aromatic heterocycles. The summed E-state index contributed by atoms with van der Waals surface area (Å²) in [5, 5.41) is 3.13. The number of hydrogen-bond donors (Lipinski definition) is 1. The summed E-state index contributed by atoms with van der Waals surface area (Å²) in [7, 11) is 2.07. The Labute approximate surface area is 144 Å². The number of nitrogens with zero attached hydrogens (tertiary/aromatic N) is 2. The Morgan fingerprint density at radius 1 is 1.25 bits per heavy atom. The van der Waals surface area contributed by atoms with Crippen LogP contribution >= 0.6 is 0 Å². The number of carbonyl (C=O) groups is 1. The second-order valence-corrected chi connectivity index (χ2v) is 6.99. The van der Waals surface area contributed by atoms with Gasteiger partial charge >= 0.3 is 0 Å². The van der Waals surface area contributed by atoms with E-state index in [1.807, 2.05) is 0 Å². The van der Waals surface area contributed by atoms with E-state index in [0.29, 0.717) is 12.6 Å². The van der Waals surface area contributed by atoms with Crippen LogP contribution in [0.15, 0.2) is 30.5 Å². The van der Waals surface area contributed by atoms with E-state index in [1.165, 1.54) is 11.3 Å². The van der Waals surface area contributed by atoms with Gasteiger partial charge in [-0.1, -0.05) is 17.7 Å². The maximum absolute atomic E-state index is 12.6. The standard InChI is InChI=1S/C20H27N3O/c1-14-11-15(2)20(16(3)12-14)21-19(24)13-23-10-6-8-18(23)17-7-5-9-22(17)4/h5,7,9,11-12,18H,6,8,10,13H2,1-4H3,(H,21,24)/t18-/m0/s1. The minimum atomic E-state index is 0.0752. The van der Waals surface area contributed by atoms with Crippen LogP contribution in [0.25, 0.3) is 0 Å². The van der Waals surface area contributed by atoms with Gasteiger partial charge in [0.25, 0.3) is 0 Å². The van der Waals surface area contributed by atoms with E-state index in [1.54, 1.807) is 0 Å². The van der Waals surface area contributed by atoms with Gasteiger partial charge in [-0.25, -0.2) is 0 Å². The first kappa shape index (κ1) is 16.8. The molecule has 2 heterocycles. The Kier molecular flexibility index (Phi) is 4.76. The average molecular weight is 325 g/mol.